The van der Waals surface area contributed by atoms with Crippen molar-refractivity contribution >= 4 is 29.4 Å². The van der Waals surface area contributed by atoms with E-state index in [1.807, 2.05) is 20.8 Å². The van der Waals surface area contributed by atoms with Gasteiger partial charge in [0.05, 0.1) is 17.3 Å². The molecule has 2 N–H and O–H groups in total. The average molecular weight is 332 g/mol. The van der Waals surface area contributed by atoms with Crippen LogP contribution in [0, 0.1) is 5.41 Å². The van der Waals surface area contributed by atoms with Crippen LogP contribution < -0.4 is 5.73 Å². The van der Waals surface area contributed by atoms with Crippen molar-refractivity contribution < 1.29 is 14.4 Å². The van der Waals surface area contributed by atoms with Crippen LogP contribution in [0.3, 0.4) is 0 Å². The summed E-state index contributed by atoms with van der Waals surface area (Å²) in [6.45, 7) is 5.91. The van der Waals surface area contributed by atoms with Crippen molar-refractivity contribution in [2.75, 3.05) is 5.75 Å². The second-order valence-electron chi connectivity index (χ2n) is 6.43. The summed E-state index contributed by atoms with van der Waals surface area (Å²) in [7, 11) is 0. The number of thioether (sulfide) groups is 1. The van der Waals surface area contributed by atoms with Crippen LogP contribution in [0.15, 0.2) is 35.4 Å². The zero-order valence-corrected chi connectivity index (χ0v) is 14.3. The number of rotatable bonds is 4. The van der Waals surface area contributed by atoms with Crippen molar-refractivity contribution in [2.45, 2.75) is 27.3 Å². The molecule has 0 bridgehead atoms. The Morgan fingerprint density at radius 2 is 1.87 bits per heavy atom. The topological polar surface area (TPSA) is 80.5 Å². The van der Waals surface area contributed by atoms with Gasteiger partial charge in [0, 0.05) is 17.1 Å². The van der Waals surface area contributed by atoms with Crippen LogP contribution in [0.1, 0.15) is 36.7 Å². The van der Waals surface area contributed by atoms with Gasteiger partial charge in [0.1, 0.15) is 0 Å². The van der Waals surface area contributed by atoms with Crippen LogP contribution in [0.5, 0.6) is 0 Å². The van der Waals surface area contributed by atoms with Crippen LogP contribution >= 0.6 is 11.8 Å². The second-order valence-corrected chi connectivity index (χ2v) is 7.42. The van der Waals surface area contributed by atoms with Crippen LogP contribution in [-0.2, 0) is 16.1 Å². The van der Waals surface area contributed by atoms with Crippen molar-refractivity contribution in [1.82, 2.24) is 4.90 Å². The zero-order chi connectivity index (χ0) is 17.2. The Kier molecular flexibility index (Phi) is 4.94. The molecular formula is C17H20N2O3S. The lowest BCUT2D eigenvalue weighted by Crippen LogP contribution is -2.26. The van der Waals surface area contributed by atoms with Gasteiger partial charge in [-0.3, -0.25) is 14.4 Å². The summed E-state index contributed by atoms with van der Waals surface area (Å²) in [6, 6.07) is 6.79. The Bertz CT molecular complexity index is 672. The maximum atomic E-state index is 12.2. The lowest BCUT2D eigenvalue weighted by molar-refractivity contribution is -0.125. The number of nitrogens with two attached hydrogens (primary N) is 1. The van der Waals surface area contributed by atoms with Crippen molar-refractivity contribution in [3.05, 3.63) is 46.5 Å². The molecule has 1 aliphatic rings. The zero-order valence-electron chi connectivity index (χ0n) is 13.5. The van der Waals surface area contributed by atoms with Gasteiger partial charge >= 0.3 is 0 Å². The van der Waals surface area contributed by atoms with E-state index in [2.05, 4.69) is 0 Å². The molecule has 0 radical (unpaired) electrons. The monoisotopic (exact) mass is 332 g/mol. The normalized spacial score (nSPS) is 16.9. The molecule has 1 aliphatic heterocycles. The molecule has 0 saturated carbocycles. The first-order valence-electron chi connectivity index (χ1n) is 7.26. The van der Waals surface area contributed by atoms with Gasteiger partial charge in [-0.05, 0) is 17.7 Å². The molecule has 0 aromatic heterocycles. The SMILES string of the molecule is CC(C)(C)C(=O)/C=C1/SCC(=O)N1Cc1ccc(C(N)=O)cc1. The first-order chi connectivity index (χ1) is 10.7. The van der Waals surface area contributed by atoms with Gasteiger partial charge in [-0.25, -0.2) is 0 Å². The molecule has 1 aromatic carbocycles. The minimum Gasteiger partial charge on any atom is -0.366 e. The molecule has 2 rings (SSSR count). The minimum atomic E-state index is -0.485. The van der Waals surface area contributed by atoms with Crippen molar-refractivity contribution in [3.8, 4) is 0 Å². The van der Waals surface area contributed by atoms with Gasteiger partial charge in [0.25, 0.3) is 0 Å². The fraction of sp³-hybridized carbons (Fsp3) is 0.353. The average Bonchev–Trinajstić information content (AvgIpc) is 2.80. The molecule has 1 aromatic rings. The molecule has 1 heterocycles. The summed E-state index contributed by atoms with van der Waals surface area (Å²) in [6.07, 6.45) is 1.55. The molecule has 1 saturated heterocycles. The van der Waals surface area contributed by atoms with E-state index in [0.29, 0.717) is 22.9 Å². The summed E-state index contributed by atoms with van der Waals surface area (Å²) in [5, 5.41) is 0.675. The first-order valence-corrected chi connectivity index (χ1v) is 8.25. The number of allylic oxidation sites excluding steroid dienone is 1. The van der Waals surface area contributed by atoms with E-state index in [9.17, 15) is 14.4 Å². The maximum Gasteiger partial charge on any atom is 0.248 e. The predicted octanol–water partition coefficient (Wildman–Crippen LogP) is 2.32. The first kappa shape index (κ1) is 17.3. The standard InChI is InChI=1S/C17H20N2O3S/c1-17(2,3)13(20)8-15-19(14(21)10-23-15)9-11-4-6-12(7-5-11)16(18)22/h4-8H,9-10H2,1-3H3,(H2,18,22)/b15-8+. The smallest absolute Gasteiger partial charge is 0.248 e. The Morgan fingerprint density at radius 3 is 2.39 bits per heavy atom. The Balaban J connectivity index is 2.19. The van der Waals surface area contributed by atoms with Crippen molar-refractivity contribution in [3.63, 3.8) is 0 Å². The van der Waals surface area contributed by atoms with Crippen LogP contribution in [0.4, 0.5) is 0 Å². The number of benzene rings is 1. The second kappa shape index (κ2) is 6.58. The number of carbonyl (C=O) groups is 3. The third-order valence-electron chi connectivity index (χ3n) is 3.48. The molecular weight excluding hydrogens is 312 g/mol. The molecule has 0 aliphatic carbocycles. The van der Waals surface area contributed by atoms with Gasteiger partial charge in [0.2, 0.25) is 11.8 Å². The highest BCUT2D eigenvalue weighted by atomic mass is 32.2. The van der Waals surface area contributed by atoms with E-state index >= 15 is 0 Å². The largest absolute Gasteiger partial charge is 0.366 e. The molecule has 122 valence electrons. The third-order valence-corrected chi connectivity index (χ3v) is 4.51. The van der Waals surface area contributed by atoms with E-state index in [1.165, 1.54) is 11.8 Å². The quantitative estimate of drug-likeness (QED) is 0.858. The molecule has 0 unspecified atom stereocenters. The van der Waals surface area contributed by atoms with Gasteiger partial charge < -0.3 is 10.6 Å². The molecule has 5 nitrogen and oxygen atoms in total. The maximum absolute atomic E-state index is 12.2. The van der Waals surface area contributed by atoms with Gasteiger partial charge in [-0.2, -0.15) is 0 Å². The number of primary amides is 1. The van der Waals surface area contributed by atoms with Gasteiger partial charge in [-0.1, -0.05) is 44.7 Å². The van der Waals surface area contributed by atoms with E-state index in [0.717, 1.165) is 5.56 Å². The fourth-order valence-corrected chi connectivity index (χ4v) is 2.93. The van der Waals surface area contributed by atoms with Crippen LogP contribution in [-0.4, -0.2) is 28.3 Å². The summed E-state index contributed by atoms with van der Waals surface area (Å²) in [5.74, 6) is -0.186. The highest BCUT2D eigenvalue weighted by molar-refractivity contribution is 8.04. The Morgan fingerprint density at radius 1 is 1.26 bits per heavy atom. The number of carbonyl (C=O) groups excluding carboxylic acids is 3. The molecule has 0 spiro atoms. The van der Waals surface area contributed by atoms with Gasteiger partial charge in [-0.15, -0.1) is 0 Å². The van der Waals surface area contributed by atoms with Crippen molar-refractivity contribution in [2.24, 2.45) is 11.1 Å². The summed E-state index contributed by atoms with van der Waals surface area (Å²) >= 11 is 1.37. The van der Waals surface area contributed by atoms with Crippen molar-refractivity contribution in [1.29, 1.82) is 0 Å². The minimum absolute atomic E-state index is 0.0104. The van der Waals surface area contributed by atoms with E-state index in [-0.39, 0.29) is 11.7 Å². The molecule has 6 heteroatoms. The van der Waals surface area contributed by atoms with E-state index < -0.39 is 11.3 Å². The number of ketones is 1. The Hall–Kier alpha value is -2.08. The number of amides is 2. The summed E-state index contributed by atoms with van der Waals surface area (Å²) in [4.78, 5) is 36.9. The Labute approximate surface area is 139 Å². The van der Waals surface area contributed by atoms with Crippen LogP contribution in [0.25, 0.3) is 0 Å². The van der Waals surface area contributed by atoms with Gasteiger partial charge in [0.15, 0.2) is 5.78 Å². The predicted molar refractivity (Wildman–Crippen MR) is 90.5 cm³/mol. The van der Waals surface area contributed by atoms with E-state index in [4.69, 9.17) is 5.73 Å². The number of hydrogen-bond acceptors (Lipinski definition) is 4. The third kappa shape index (κ3) is 4.22. The highest BCUT2D eigenvalue weighted by Gasteiger charge is 2.29. The van der Waals surface area contributed by atoms with Crippen LogP contribution in [0.2, 0.25) is 0 Å². The highest BCUT2D eigenvalue weighted by Crippen LogP contribution is 2.31. The number of nitrogens with zero attached hydrogens (tertiary/aromatic N) is 1. The summed E-state index contributed by atoms with van der Waals surface area (Å²) in [5.41, 5.74) is 6.04. The fourth-order valence-electron chi connectivity index (χ4n) is 1.99. The lowest BCUT2D eigenvalue weighted by atomic mass is 9.91. The van der Waals surface area contributed by atoms with E-state index in [1.54, 1.807) is 35.2 Å². The number of hydrogen-bond donors (Lipinski definition) is 1. The lowest BCUT2D eigenvalue weighted by Gasteiger charge is -2.19. The summed E-state index contributed by atoms with van der Waals surface area (Å²) < 4.78 is 0. The molecule has 2 amide bonds. The molecule has 1 fully saturated rings. The molecule has 23 heavy (non-hydrogen) atoms. The molecule has 0 atom stereocenters.